The maximum absolute atomic E-state index is 10.9. The summed E-state index contributed by atoms with van der Waals surface area (Å²) in [5, 5.41) is 13.8. The van der Waals surface area contributed by atoms with E-state index in [0.29, 0.717) is 22.5 Å². The van der Waals surface area contributed by atoms with Gasteiger partial charge in [0.05, 0.1) is 16.3 Å². The molecule has 1 aromatic carbocycles. The number of anilines is 1. The summed E-state index contributed by atoms with van der Waals surface area (Å²) in [6, 6.07) is 4.54. The van der Waals surface area contributed by atoms with E-state index in [1.165, 1.54) is 12.1 Å². The molecule has 5 heteroatoms. The Labute approximate surface area is 115 Å². The topological polar surface area (TPSA) is 61.7 Å². The number of carboxylic acids is 1. The molecule has 1 aromatic rings. The molecule has 2 aliphatic carbocycles. The molecule has 4 nitrogen and oxygen atoms in total. The first-order chi connectivity index (χ1) is 9.15. The van der Waals surface area contributed by atoms with Gasteiger partial charge >= 0.3 is 5.97 Å². The van der Waals surface area contributed by atoms with Gasteiger partial charge in [-0.15, -0.1) is 0 Å². The van der Waals surface area contributed by atoms with Crippen LogP contribution in [0.4, 0.5) is 5.69 Å². The molecule has 0 radical (unpaired) electrons. The van der Waals surface area contributed by atoms with Crippen molar-refractivity contribution in [2.75, 3.05) is 5.43 Å². The van der Waals surface area contributed by atoms with Gasteiger partial charge in [0.2, 0.25) is 0 Å². The zero-order chi connectivity index (χ0) is 13.4. The Kier molecular flexibility index (Phi) is 3.03. The number of nitrogens with one attached hydrogen (secondary N) is 1. The standard InChI is InChI=1S/C14H13ClN2O2/c15-11-5-4-9(14(18)19)7-13(11)17-16-12-6-8-2-1-3-10(8)12/h1-2,4-5,7-8,10,17H,3,6H2,(H,18,19)/b16-12-/t8-,10-/m0/s1. The highest BCUT2D eigenvalue weighted by Crippen LogP contribution is 2.40. The monoisotopic (exact) mass is 276 g/mol. The lowest BCUT2D eigenvalue weighted by Crippen LogP contribution is -2.33. The van der Waals surface area contributed by atoms with Crippen molar-refractivity contribution >= 4 is 29.0 Å². The van der Waals surface area contributed by atoms with Crippen molar-refractivity contribution in [2.24, 2.45) is 16.9 Å². The highest BCUT2D eigenvalue weighted by atomic mass is 35.5. The summed E-state index contributed by atoms with van der Waals surface area (Å²) < 4.78 is 0. The SMILES string of the molecule is O=C(O)c1ccc(Cl)c(N/N=C2/C[C@@H]3C=CC[C@H]23)c1. The predicted octanol–water partition coefficient (Wildman–Crippen LogP) is 3.40. The molecule has 1 saturated carbocycles. The number of halogens is 1. The zero-order valence-corrected chi connectivity index (χ0v) is 10.9. The lowest BCUT2D eigenvalue weighted by Gasteiger charge is -2.32. The number of fused-ring (bicyclic) bond motifs is 1. The Hall–Kier alpha value is -1.81. The van der Waals surface area contributed by atoms with Gasteiger partial charge in [0.15, 0.2) is 0 Å². The van der Waals surface area contributed by atoms with Crippen LogP contribution < -0.4 is 5.43 Å². The first kappa shape index (κ1) is 12.2. The molecule has 0 bridgehead atoms. The minimum absolute atomic E-state index is 0.195. The van der Waals surface area contributed by atoms with Gasteiger partial charge < -0.3 is 5.11 Å². The van der Waals surface area contributed by atoms with Crippen LogP contribution in [0.5, 0.6) is 0 Å². The molecule has 1 fully saturated rings. The molecular weight excluding hydrogens is 264 g/mol. The molecule has 3 rings (SSSR count). The summed E-state index contributed by atoms with van der Waals surface area (Å²) in [6.45, 7) is 0. The first-order valence-corrected chi connectivity index (χ1v) is 6.55. The summed E-state index contributed by atoms with van der Waals surface area (Å²) >= 11 is 6.02. The van der Waals surface area contributed by atoms with E-state index in [0.717, 1.165) is 18.6 Å². The second kappa shape index (κ2) is 4.70. The van der Waals surface area contributed by atoms with Gasteiger partial charge in [-0.2, -0.15) is 5.10 Å². The molecule has 2 N–H and O–H groups in total. The van der Waals surface area contributed by atoms with Crippen LogP contribution in [-0.4, -0.2) is 16.8 Å². The van der Waals surface area contributed by atoms with Gasteiger partial charge in [-0.3, -0.25) is 5.43 Å². The van der Waals surface area contributed by atoms with E-state index < -0.39 is 5.97 Å². The Balaban J connectivity index is 1.75. The summed E-state index contributed by atoms with van der Waals surface area (Å²) in [4.78, 5) is 10.9. The van der Waals surface area contributed by atoms with Crippen LogP contribution in [0.15, 0.2) is 35.5 Å². The van der Waals surface area contributed by atoms with E-state index in [-0.39, 0.29) is 5.56 Å². The fraction of sp³-hybridized carbons (Fsp3) is 0.286. The predicted molar refractivity (Wildman–Crippen MR) is 74.8 cm³/mol. The van der Waals surface area contributed by atoms with Gasteiger partial charge in [-0.1, -0.05) is 23.8 Å². The minimum Gasteiger partial charge on any atom is -0.478 e. The smallest absolute Gasteiger partial charge is 0.335 e. The van der Waals surface area contributed by atoms with Gasteiger partial charge in [-0.25, -0.2) is 4.79 Å². The van der Waals surface area contributed by atoms with Crippen LogP contribution >= 0.6 is 11.6 Å². The number of allylic oxidation sites excluding steroid dienone is 2. The second-order valence-corrected chi connectivity index (χ2v) is 5.26. The summed E-state index contributed by atoms with van der Waals surface area (Å²) in [7, 11) is 0. The van der Waals surface area contributed by atoms with Crippen molar-refractivity contribution in [2.45, 2.75) is 12.8 Å². The van der Waals surface area contributed by atoms with E-state index in [2.05, 4.69) is 22.7 Å². The molecule has 98 valence electrons. The highest BCUT2D eigenvalue weighted by Gasteiger charge is 2.37. The lowest BCUT2D eigenvalue weighted by atomic mass is 9.74. The fourth-order valence-corrected chi connectivity index (χ4v) is 2.70. The molecule has 0 amide bonds. The number of rotatable bonds is 3. The van der Waals surface area contributed by atoms with Crippen molar-refractivity contribution in [3.8, 4) is 0 Å². The van der Waals surface area contributed by atoms with E-state index >= 15 is 0 Å². The van der Waals surface area contributed by atoms with Crippen LogP contribution in [0, 0.1) is 11.8 Å². The van der Waals surface area contributed by atoms with Gasteiger partial charge in [0.25, 0.3) is 0 Å². The van der Waals surface area contributed by atoms with E-state index in [1.54, 1.807) is 6.07 Å². The summed E-state index contributed by atoms with van der Waals surface area (Å²) in [6.07, 6.45) is 6.45. The highest BCUT2D eigenvalue weighted by molar-refractivity contribution is 6.33. The normalized spacial score (nSPS) is 26.1. The Morgan fingerprint density at radius 2 is 2.32 bits per heavy atom. The number of nitrogens with zero attached hydrogens (tertiary/aromatic N) is 1. The molecule has 0 spiro atoms. The summed E-state index contributed by atoms with van der Waals surface area (Å²) in [5.41, 5.74) is 4.75. The largest absolute Gasteiger partial charge is 0.478 e. The van der Waals surface area contributed by atoms with Crippen LogP contribution in [0.2, 0.25) is 5.02 Å². The molecule has 0 heterocycles. The summed E-state index contributed by atoms with van der Waals surface area (Å²) in [5.74, 6) is 0.186. The molecule has 0 aromatic heterocycles. The van der Waals surface area contributed by atoms with E-state index in [4.69, 9.17) is 16.7 Å². The molecular formula is C14H13ClN2O2. The van der Waals surface area contributed by atoms with Crippen molar-refractivity contribution in [3.63, 3.8) is 0 Å². The fourth-order valence-electron chi connectivity index (χ4n) is 2.54. The number of carbonyl (C=O) groups is 1. The van der Waals surface area contributed by atoms with Crippen LogP contribution in [-0.2, 0) is 0 Å². The zero-order valence-electron chi connectivity index (χ0n) is 10.1. The first-order valence-electron chi connectivity index (χ1n) is 6.17. The average Bonchev–Trinajstić information content (AvgIpc) is 2.73. The Bertz CT molecular complexity index is 595. The van der Waals surface area contributed by atoms with Crippen molar-refractivity contribution in [1.29, 1.82) is 0 Å². The Morgan fingerprint density at radius 1 is 1.47 bits per heavy atom. The van der Waals surface area contributed by atoms with Gasteiger partial charge in [0.1, 0.15) is 0 Å². The van der Waals surface area contributed by atoms with Crippen LogP contribution in [0.3, 0.4) is 0 Å². The number of aromatic carboxylic acids is 1. The number of benzene rings is 1. The van der Waals surface area contributed by atoms with Crippen LogP contribution in [0.25, 0.3) is 0 Å². The van der Waals surface area contributed by atoms with Crippen molar-refractivity contribution < 1.29 is 9.90 Å². The maximum atomic E-state index is 10.9. The quantitative estimate of drug-likeness (QED) is 0.657. The number of hydrogen-bond acceptors (Lipinski definition) is 3. The van der Waals surface area contributed by atoms with Gasteiger partial charge in [-0.05, 0) is 37.0 Å². The van der Waals surface area contributed by atoms with E-state index in [1.807, 2.05) is 0 Å². The maximum Gasteiger partial charge on any atom is 0.335 e. The second-order valence-electron chi connectivity index (χ2n) is 4.85. The third-order valence-electron chi connectivity index (χ3n) is 3.70. The molecule has 19 heavy (non-hydrogen) atoms. The number of hydrogen-bond donors (Lipinski definition) is 2. The molecule has 2 atom stereocenters. The number of carboxylic acid groups (broad SMARTS) is 1. The average molecular weight is 277 g/mol. The molecule has 2 aliphatic rings. The Morgan fingerprint density at radius 3 is 3.05 bits per heavy atom. The van der Waals surface area contributed by atoms with Crippen LogP contribution in [0.1, 0.15) is 23.2 Å². The number of hydrazone groups is 1. The van der Waals surface area contributed by atoms with Crippen molar-refractivity contribution in [3.05, 3.63) is 40.9 Å². The molecule has 0 saturated heterocycles. The van der Waals surface area contributed by atoms with Gasteiger partial charge in [0, 0.05) is 11.6 Å². The van der Waals surface area contributed by atoms with Crippen molar-refractivity contribution in [1.82, 2.24) is 0 Å². The van der Waals surface area contributed by atoms with E-state index in [9.17, 15) is 4.79 Å². The third kappa shape index (κ3) is 2.24. The molecule has 0 unspecified atom stereocenters. The third-order valence-corrected chi connectivity index (χ3v) is 4.03. The lowest BCUT2D eigenvalue weighted by molar-refractivity contribution is 0.0697. The minimum atomic E-state index is -0.976. The molecule has 0 aliphatic heterocycles.